The van der Waals surface area contributed by atoms with Crippen LogP contribution in [-0.2, 0) is 0 Å². The monoisotopic (exact) mass is 248 g/mol. The number of nitrogens with zero attached hydrogens (tertiary/aromatic N) is 3. The fourth-order valence-electron chi connectivity index (χ4n) is 2.60. The SMILES string of the molecule is CCCN(c1nc(C)cnc1C)C1CCCNC1. The van der Waals surface area contributed by atoms with Gasteiger partial charge in [-0.05, 0) is 39.7 Å². The maximum atomic E-state index is 4.70. The maximum Gasteiger partial charge on any atom is 0.150 e. The molecule has 1 fully saturated rings. The molecule has 1 saturated heterocycles. The summed E-state index contributed by atoms with van der Waals surface area (Å²) in [5.74, 6) is 1.07. The molecule has 1 aliphatic heterocycles. The lowest BCUT2D eigenvalue weighted by molar-refractivity contribution is 0.428. The summed E-state index contributed by atoms with van der Waals surface area (Å²) in [6, 6.07) is 0.563. The molecule has 0 radical (unpaired) electrons. The van der Waals surface area contributed by atoms with Crippen molar-refractivity contribution in [3.05, 3.63) is 17.6 Å². The van der Waals surface area contributed by atoms with E-state index >= 15 is 0 Å². The summed E-state index contributed by atoms with van der Waals surface area (Å²) in [6.07, 6.45) is 5.50. The minimum absolute atomic E-state index is 0.563. The molecule has 0 saturated carbocycles. The van der Waals surface area contributed by atoms with Crippen molar-refractivity contribution in [3.63, 3.8) is 0 Å². The molecule has 0 amide bonds. The molecule has 1 atom stereocenters. The molecule has 4 nitrogen and oxygen atoms in total. The van der Waals surface area contributed by atoms with Gasteiger partial charge in [0.1, 0.15) is 0 Å². The second-order valence-electron chi connectivity index (χ2n) is 5.11. The quantitative estimate of drug-likeness (QED) is 0.885. The first-order valence-corrected chi connectivity index (χ1v) is 7.00. The van der Waals surface area contributed by atoms with Gasteiger partial charge in [0.05, 0.1) is 11.4 Å². The predicted molar refractivity (Wildman–Crippen MR) is 75.0 cm³/mol. The Morgan fingerprint density at radius 1 is 1.44 bits per heavy atom. The van der Waals surface area contributed by atoms with E-state index in [2.05, 4.69) is 29.0 Å². The van der Waals surface area contributed by atoms with Crippen LogP contribution in [0.4, 0.5) is 5.82 Å². The first-order valence-electron chi connectivity index (χ1n) is 7.00. The van der Waals surface area contributed by atoms with Gasteiger partial charge in [0.25, 0.3) is 0 Å². The zero-order chi connectivity index (χ0) is 13.0. The number of nitrogens with one attached hydrogen (secondary N) is 1. The molecule has 18 heavy (non-hydrogen) atoms. The zero-order valence-corrected chi connectivity index (χ0v) is 11.7. The van der Waals surface area contributed by atoms with E-state index in [1.165, 1.54) is 12.8 Å². The van der Waals surface area contributed by atoms with Gasteiger partial charge in [-0.15, -0.1) is 0 Å². The molecule has 2 heterocycles. The Hall–Kier alpha value is -1.16. The minimum Gasteiger partial charge on any atom is -0.351 e. The lowest BCUT2D eigenvalue weighted by Crippen LogP contribution is -2.47. The maximum absolute atomic E-state index is 4.70. The molecular weight excluding hydrogens is 224 g/mol. The molecule has 1 unspecified atom stereocenters. The van der Waals surface area contributed by atoms with Crippen molar-refractivity contribution in [1.29, 1.82) is 0 Å². The number of hydrogen-bond acceptors (Lipinski definition) is 4. The molecule has 2 rings (SSSR count). The van der Waals surface area contributed by atoms with Crippen LogP contribution in [0.15, 0.2) is 6.20 Å². The summed E-state index contributed by atoms with van der Waals surface area (Å²) in [7, 11) is 0. The smallest absolute Gasteiger partial charge is 0.150 e. The second-order valence-corrected chi connectivity index (χ2v) is 5.11. The third-order valence-electron chi connectivity index (χ3n) is 3.50. The van der Waals surface area contributed by atoms with Gasteiger partial charge in [-0.25, -0.2) is 4.98 Å². The summed E-state index contributed by atoms with van der Waals surface area (Å²) in [5, 5.41) is 3.49. The van der Waals surface area contributed by atoms with E-state index < -0.39 is 0 Å². The summed E-state index contributed by atoms with van der Waals surface area (Å²) in [4.78, 5) is 11.6. The van der Waals surface area contributed by atoms with E-state index in [4.69, 9.17) is 4.98 Å². The van der Waals surface area contributed by atoms with Crippen molar-refractivity contribution in [2.24, 2.45) is 0 Å². The van der Waals surface area contributed by atoms with Gasteiger partial charge in [0, 0.05) is 25.3 Å². The number of aromatic nitrogens is 2. The second kappa shape index (κ2) is 6.14. The number of anilines is 1. The summed E-state index contributed by atoms with van der Waals surface area (Å²) in [6.45, 7) is 9.57. The zero-order valence-electron chi connectivity index (χ0n) is 11.7. The first kappa shape index (κ1) is 13.3. The van der Waals surface area contributed by atoms with Crippen LogP contribution in [0.5, 0.6) is 0 Å². The van der Waals surface area contributed by atoms with Gasteiger partial charge >= 0.3 is 0 Å². The Morgan fingerprint density at radius 2 is 2.28 bits per heavy atom. The van der Waals surface area contributed by atoms with Gasteiger partial charge in [-0.2, -0.15) is 0 Å². The highest BCUT2D eigenvalue weighted by molar-refractivity contribution is 5.44. The highest BCUT2D eigenvalue weighted by Crippen LogP contribution is 2.21. The largest absolute Gasteiger partial charge is 0.351 e. The van der Waals surface area contributed by atoms with Gasteiger partial charge in [0.2, 0.25) is 0 Å². The van der Waals surface area contributed by atoms with Crippen LogP contribution >= 0.6 is 0 Å². The van der Waals surface area contributed by atoms with Crippen molar-refractivity contribution in [3.8, 4) is 0 Å². The van der Waals surface area contributed by atoms with Crippen LogP contribution in [0.2, 0.25) is 0 Å². The third kappa shape index (κ3) is 2.99. The van der Waals surface area contributed by atoms with Gasteiger partial charge in [0.15, 0.2) is 5.82 Å². The normalized spacial score (nSPS) is 19.8. The first-order chi connectivity index (χ1) is 8.72. The average Bonchev–Trinajstić information content (AvgIpc) is 2.40. The Morgan fingerprint density at radius 3 is 2.94 bits per heavy atom. The van der Waals surface area contributed by atoms with Crippen LogP contribution in [0, 0.1) is 13.8 Å². The molecule has 0 aromatic carbocycles. The van der Waals surface area contributed by atoms with Crippen LogP contribution in [0.3, 0.4) is 0 Å². The molecular formula is C14H24N4. The van der Waals surface area contributed by atoms with Crippen molar-refractivity contribution >= 4 is 5.82 Å². The highest BCUT2D eigenvalue weighted by Gasteiger charge is 2.23. The molecule has 0 bridgehead atoms. The molecule has 0 spiro atoms. The average molecular weight is 248 g/mol. The highest BCUT2D eigenvalue weighted by atomic mass is 15.2. The van der Waals surface area contributed by atoms with Crippen molar-refractivity contribution in [2.45, 2.75) is 46.1 Å². The van der Waals surface area contributed by atoms with E-state index in [0.29, 0.717) is 6.04 Å². The molecule has 100 valence electrons. The lowest BCUT2D eigenvalue weighted by atomic mass is 10.1. The van der Waals surface area contributed by atoms with Gasteiger partial charge in [-0.3, -0.25) is 4.98 Å². The summed E-state index contributed by atoms with van der Waals surface area (Å²) in [5.41, 5.74) is 2.04. The van der Waals surface area contributed by atoms with Crippen molar-refractivity contribution < 1.29 is 0 Å². The van der Waals surface area contributed by atoms with Gasteiger partial charge in [-0.1, -0.05) is 6.92 Å². The van der Waals surface area contributed by atoms with Gasteiger partial charge < -0.3 is 10.2 Å². The van der Waals surface area contributed by atoms with Crippen LogP contribution in [0.1, 0.15) is 37.6 Å². The fraction of sp³-hybridized carbons (Fsp3) is 0.714. The lowest BCUT2D eigenvalue weighted by Gasteiger charge is -2.36. The molecule has 1 aliphatic rings. The molecule has 1 N–H and O–H groups in total. The predicted octanol–water partition coefficient (Wildman–Crippen LogP) is 2.06. The minimum atomic E-state index is 0.563. The van der Waals surface area contributed by atoms with Crippen molar-refractivity contribution in [2.75, 3.05) is 24.5 Å². The molecule has 0 aliphatic carbocycles. The fourth-order valence-corrected chi connectivity index (χ4v) is 2.60. The van der Waals surface area contributed by atoms with E-state index in [1.807, 2.05) is 13.1 Å². The summed E-state index contributed by atoms with van der Waals surface area (Å²) >= 11 is 0. The summed E-state index contributed by atoms with van der Waals surface area (Å²) < 4.78 is 0. The molecule has 1 aromatic heterocycles. The Bertz CT molecular complexity index is 385. The van der Waals surface area contributed by atoms with Crippen molar-refractivity contribution in [1.82, 2.24) is 15.3 Å². The Balaban J connectivity index is 2.24. The van der Waals surface area contributed by atoms with E-state index in [-0.39, 0.29) is 0 Å². The van der Waals surface area contributed by atoms with E-state index in [1.54, 1.807) is 0 Å². The molecule has 1 aromatic rings. The Kier molecular flexibility index (Phi) is 4.53. The van der Waals surface area contributed by atoms with Crippen LogP contribution in [0.25, 0.3) is 0 Å². The molecule has 4 heteroatoms. The standard InChI is InChI=1S/C14H24N4/c1-4-8-18(13-6-5-7-15-10-13)14-12(3)16-9-11(2)17-14/h9,13,15H,4-8,10H2,1-3H3. The number of rotatable bonds is 4. The Labute approximate surface area is 110 Å². The van der Waals surface area contributed by atoms with Crippen LogP contribution in [-0.4, -0.2) is 35.6 Å². The third-order valence-corrected chi connectivity index (χ3v) is 3.50. The van der Waals surface area contributed by atoms with E-state index in [9.17, 15) is 0 Å². The topological polar surface area (TPSA) is 41.1 Å². The number of piperidine rings is 1. The van der Waals surface area contributed by atoms with E-state index in [0.717, 1.165) is 43.3 Å². The number of hydrogen-bond donors (Lipinski definition) is 1. The van der Waals surface area contributed by atoms with Crippen LogP contribution < -0.4 is 10.2 Å². The number of aryl methyl sites for hydroxylation is 2.